The van der Waals surface area contributed by atoms with Gasteiger partial charge in [0.1, 0.15) is 11.4 Å². The Kier molecular flexibility index (Phi) is 6.94. The molecule has 3 aromatic carbocycles. The lowest BCUT2D eigenvalue weighted by Gasteiger charge is -2.10. The molecule has 0 bridgehead atoms. The number of para-hydroxylation sites is 2. The molecule has 11 nitrogen and oxygen atoms in total. The standard InChI is InChI=1S/C22H18N4O7/c1-14-6-5-9-18(25(29)30)21(14)24-20(27)13-33-22(28)15-10-11-17(19(12-15)26(31)32)23-16-7-3-2-4-8-16/h2-12,23H,13H2,1H3,(H,24,27). The number of nitro groups is 2. The first kappa shape index (κ1) is 22.9. The molecule has 11 heteroatoms. The summed E-state index contributed by atoms with van der Waals surface area (Å²) in [7, 11) is 0. The summed E-state index contributed by atoms with van der Waals surface area (Å²) >= 11 is 0. The minimum absolute atomic E-state index is 0.00414. The largest absolute Gasteiger partial charge is 0.452 e. The molecule has 0 aliphatic rings. The van der Waals surface area contributed by atoms with Crippen molar-refractivity contribution in [1.82, 2.24) is 0 Å². The second-order valence-corrected chi connectivity index (χ2v) is 6.83. The molecular weight excluding hydrogens is 432 g/mol. The zero-order chi connectivity index (χ0) is 24.0. The molecule has 0 aromatic heterocycles. The van der Waals surface area contributed by atoms with Crippen molar-refractivity contribution in [1.29, 1.82) is 0 Å². The van der Waals surface area contributed by atoms with Gasteiger partial charge in [-0.05, 0) is 36.8 Å². The van der Waals surface area contributed by atoms with Gasteiger partial charge in [-0.15, -0.1) is 0 Å². The minimum atomic E-state index is -0.959. The fourth-order valence-electron chi connectivity index (χ4n) is 2.95. The average molecular weight is 450 g/mol. The van der Waals surface area contributed by atoms with Crippen LogP contribution in [0.3, 0.4) is 0 Å². The molecule has 0 aliphatic carbocycles. The number of nitrogens with one attached hydrogen (secondary N) is 2. The van der Waals surface area contributed by atoms with Crippen molar-refractivity contribution in [2.45, 2.75) is 6.92 Å². The molecule has 0 atom stereocenters. The van der Waals surface area contributed by atoms with Crippen LogP contribution in [0.5, 0.6) is 0 Å². The number of nitro benzene ring substituents is 2. The van der Waals surface area contributed by atoms with Crippen molar-refractivity contribution in [2.24, 2.45) is 0 Å². The highest BCUT2D eigenvalue weighted by atomic mass is 16.6. The maximum Gasteiger partial charge on any atom is 0.338 e. The molecule has 3 aromatic rings. The van der Waals surface area contributed by atoms with Crippen molar-refractivity contribution in [2.75, 3.05) is 17.2 Å². The lowest BCUT2D eigenvalue weighted by molar-refractivity contribution is -0.384. The van der Waals surface area contributed by atoms with Crippen LogP contribution in [0.25, 0.3) is 0 Å². The third-order valence-electron chi connectivity index (χ3n) is 4.53. The first-order chi connectivity index (χ1) is 15.8. The summed E-state index contributed by atoms with van der Waals surface area (Å²) in [5.41, 5.74) is 0.469. The zero-order valence-electron chi connectivity index (χ0n) is 17.3. The molecule has 2 N–H and O–H groups in total. The number of nitrogens with zero attached hydrogens (tertiary/aromatic N) is 2. The Morgan fingerprint density at radius 2 is 1.61 bits per heavy atom. The predicted octanol–water partition coefficient (Wildman–Crippen LogP) is 4.35. The van der Waals surface area contributed by atoms with E-state index in [0.29, 0.717) is 11.3 Å². The van der Waals surface area contributed by atoms with Crippen LogP contribution in [0.15, 0.2) is 66.7 Å². The number of ether oxygens (including phenoxy) is 1. The van der Waals surface area contributed by atoms with Gasteiger partial charge in [0.2, 0.25) is 0 Å². The summed E-state index contributed by atoms with van der Waals surface area (Å²) in [6.07, 6.45) is 0. The number of benzene rings is 3. The molecule has 0 spiro atoms. The van der Waals surface area contributed by atoms with Gasteiger partial charge >= 0.3 is 5.97 Å². The van der Waals surface area contributed by atoms with Crippen molar-refractivity contribution in [3.63, 3.8) is 0 Å². The Hall–Kier alpha value is -4.80. The Balaban J connectivity index is 1.69. The number of hydrogen-bond acceptors (Lipinski definition) is 8. The molecule has 0 saturated heterocycles. The number of rotatable bonds is 8. The van der Waals surface area contributed by atoms with Gasteiger partial charge in [0.05, 0.1) is 15.4 Å². The summed E-state index contributed by atoms with van der Waals surface area (Å²) < 4.78 is 4.93. The first-order valence-electron chi connectivity index (χ1n) is 9.57. The molecule has 168 valence electrons. The van der Waals surface area contributed by atoms with Crippen LogP contribution in [-0.4, -0.2) is 28.3 Å². The smallest absolute Gasteiger partial charge is 0.338 e. The van der Waals surface area contributed by atoms with E-state index in [9.17, 15) is 29.8 Å². The molecule has 0 fully saturated rings. The fourth-order valence-corrected chi connectivity index (χ4v) is 2.95. The van der Waals surface area contributed by atoms with Crippen LogP contribution >= 0.6 is 0 Å². The second-order valence-electron chi connectivity index (χ2n) is 6.83. The van der Waals surface area contributed by atoms with E-state index in [2.05, 4.69) is 10.6 Å². The van der Waals surface area contributed by atoms with E-state index in [4.69, 9.17) is 4.74 Å². The van der Waals surface area contributed by atoms with Gasteiger partial charge in [-0.25, -0.2) is 4.79 Å². The van der Waals surface area contributed by atoms with Crippen LogP contribution in [0.2, 0.25) is 0 Å². The highest BCUT2D eigenvalue weighted by Crippen LogP contribution is 2.29. The summed E-state index contributed by atoms with van der Waals surface area (Å²) in [6.45, 7) is 0.848. The van der Waals surface area contributed by atoms with Gasteiger partial charge in [0, 0.05) is 17.8 Å². The normalized spacial score (nSPS) is 10.2. The average Bonchev–Trinajstić information content (AvgIpc) is 2.79. The number of amides is 1. The van der Waals surface area contributed by atoms with E-state index in [1.165, 1.54) is 24.3 Å². The van der Waals surface area contributed by atoms with Gasteiger partial charge in [-0.3, -0.25) is 25.0 Å². The van der Waals surface area contributed by atoms with Gasteiger partial charge in [0.25, 0.3) is 17.3 Å². The third kappa shape index (κ3) is 5.67. The Labute approximate surface area is 187 Å². The highest BCUT2D eigenvalue weighted by Gasteiger charge is 2.21. The molecule has 33 heavy (non-hydrogen) atoms. The summed E-state index contributed by atoms with van der Waals surface area (Å²) in [5.74, 6) is -1.75. The van der Waals surface area contributed by atoms with E-state index in [1.54, 1.807) is 43.3 Å². The van der Waals surface area contributed by atoms with Crippen LogP contribution in [0.1, 0.15) is 15.9 Å². The van der Waals surface area contributed by atoms with Crippen molar-refractivity contribution in [3.8, 4) is 0 Å². The van der Waals surface area contributed by atoms with E-state index in [-0.39, 0.29) is 28.3 Å². The van der Waals surface area contributed by atoms with Gasteiger partial charge in [0.15, 0.2) is 6.61 Å². The lowest BCUT2D eigenvalue weighted by Crippen LogP contribution is -2.22. The molecule has 0 radical (unpaired) electrons. The summed E-state index contributed by atoms with van der Waals surface area (Å²) in [6, 6.07) is 16.8. The predicted molar refractivity (Wildman–Crippen MR) is 120 cm³/mol. The number of anilines is 3. The minimum Gasteiger partial charge on any atom is -0.452 e. The summed E-state index contributed by atoms with van der Waals surface area (Å²) in [5, 5.41) is 27.9. The number of aryl methyl sites for hydroxylation is 1. The number of hydrogen-bond donors (Lipinski definition) is 2. The Morgan fingerprint density at radius 3 is 2.27 bits per heavy atom. The van der Waals surface area contributed by atoms with Crippen LogP contribution < -0.4 is 10.6 Å². The van der Waals surface area contributed by atoms with Gasteiger partial charge in [-0.1, -0.05) is 30.3 Å². The summed E-state index contributed by atoms with van der Waals surface area (Å²) in [4.78, 5) is 45.8. The lowest BCUT2D eigenvalue weighted by atomic mass is 10.1. The molecular formula is C22H18N4O7. The first-order valence-corrected chi connectivity index (χ1v) is 9.57. The second kappa shape index (κ2) is 10.0. The van der Waals surface area contributed by atoms with E-state index in [1.807, 2.05) is 0 Å². The fraction of sp³-hybridized carbons (Fsp3) is 0.0909. The molecule has 0 aliphatic heterocycles. The van der Waals surface area contributed by atoms with Crippen LogP contribution in [0.4, 0.5) is 28.4 Å². The van der Waals surface area contributed by atoms with Crippen molar-refractivity contribution >= 4 is 40.3 Å². The van der Waals surface area contributed by atoms with E-state index < -0.39 is 28.3 Å². The number of esters is 1. The van der Waals surface area contributed by atoms with E-state index >= 15 is 0 Å². The topological polar surface area (TPSA) is 154 Å². The quantitative estimate of drug-likeness (QED) is 0.292. The SMILES string of the molecule is Cc1cccc([N+](=O)[O-])c1NC(=O)COC(=O)c1ccc(Nc2ccccc2)c([N+](=O)[O-])c1. The number of carbonyl (C=O) groups excluding carboxylic acids is 2. The monoisotopic (exact) mass is 450 g/mol. The van der Waals surface area contributed by atoms with Crippen molar-refractivity contribution < 1.29 is 24.2 Å². The maximum atomic E-state index is 12.3. The van der Waals surface area contributed by atoms with Crippen LogP contribution in [-0.2, 0) is 9.53 Å². The van der Waals surface area contributed by atoms with Crippen LogP contribution in [0, 0.1) is 27.2 Å². The van der Waals surface area contributed by atoms with Crippen molar-refractivity contribution in [3.05, 3.63) is 98.1 Å². The highest BCUT2D eigenvalue weighted by molar-refractivity contribution is 5.98. The maximum absolute atomic E-state index is 12.3. The van der Waals surface area contributed by atoms with Gasteiger partial charge < -0.3 is 15.4 Å². The zero-order valence-corrected chi connectivity index (χ0v) is 17.3. The Bertz CT molecular complexity index is 1230. The van der Waals surface area contributed by atoms with E-state index in [0.717, 1.165) is 6.07 Å². The molecule has 3 rings (SSSR count). The van der Waals surface area contributed by atoms with Gasteiger partial charge in [-0.2, -0.15) is 0 Å². The molecule has 0 unspecified atom stereocenters. The third-order valence-corrected chi connectivity index (χ3v) is 4.53. The molecule has 0 saturated carbocycles. The molecule has 0 heterocycles. The molecule has 1 amide bonds. The Morgan fingerprint density at radius 1 is 0.909 bits per heavy atom. The number of carbonyl (C=O) groups is 2.